The van der Waals surface area contributed by atoms with Gasteiger partial charge in [0.25, 0.3) is 0 Å². The average molecular weight is 341 g/mol. The molecule has 6 nitrogen and oxygen atoms in total. The molecule has 0 spiro atoms. The Morgan fingerprint density at radius 2 is 2.12 bits per heavy atom. The van der Waals surface area contributed by atoms with Gasteiger partial charge in [-0.05, 0) is 49.6 Å². The fourth-order valence-corrected chi connectivity index (χ4v) is 2.95. The fourth-order valence-electron chi connectivity index (χ4n) is 2.95. The van der Waals surface area contributed by atoms with E-state index in [1.54, 1.807) is 19.1 Å². The third kappa shape index (κ3) is 3.85. The number of fused-ring (bicyclic) bond motifs is 1. The number of aryl methyl sites for hydroxylation is 1. The fraction of sp³-hybridized carbons (Fsp3) is 0.316. The Bertz CT molecular complexity index is 850. The Kier molecular flexibility index (Phi) is 4.81. The standard InChI is InChI=1S/C19H23N3O3/c1-13-5-3-6-15-17(13)14(11-21-15)8-9-20-18(23)22-12-19(2,24)16-7-4-10-25-16/h3-7,10-11,21,24H,8-9,12H2,1-2H3,(H2,20,22,23). The predicted molar refractivity (Wildman–Crippen MR) is 96.4 cm³/mol. The summed E-state index contributed by atoms with van der Waals surface area (Å²) >= 11 is 0. The molecule has 25 heavy (non-hydrogen) atoms. The smallest absolute Gasteiger partial charge is 0.314 e. The van der Waals surface area contributed by atoms with Gasteiger partial charge in [-0.15, -0.1) is 0 Å². The van der Waals surface area contributed by atoms with E-state index in [0.717, 1.165) is 11.9 Å². The Labute approximate surface area is 146 Å². The number of hydrogen-bond donors (Lipinski definition) is 4. The minimum absolute atomic E-state index is 0.0680. The predicted octanol–water partition coefficient (Wildman–Crippen LogP) is 2.82. The molecule has 0 saturated carbocycles. The molecule has 1 aromatic carbocycles. The maximum Gasteiger partial charge on any atom is 0.314 e. The molecule has 2 heterocycles. The van der Waals surface area contributed by atoms with Crippen molar-refractivity contribution in [3.8, 4) is 0 Å². The number of aliphatic hydroxyl groups is 1. The lowest BCUT2D eigenvalue weighted by molar-refractivity contribution is 0.0367. The van der Waals surface area contributed by atoms with Gasteiger partial charge in [-0.3, -0.25) is 0 Å². The highest BCUT2D eigenvalue weighted by Crippen LogP contribution is 2.22. The molecule has 0 aliphatic rings. The minimum Gasteiger partial charge on any atom is -0.466 e. The van der Waals surface area contributed by atoms with Gasteiger partial charge in [0, 0.05) is 23.6 Å². The van der Waals surface area contributed by atoms with E-state index in [9.17, 15) is 9.90 Å². The van der Waals surface area contributed by atoms with Crippen LogP contribution in [0.25, 0.3) is 10.9 Å². The zero-order valence-corrected chi connectivity index (χ0v) is 14.4. The Morgan fingerprint density at radius 3 is 2.88 bits per heavy atom. The number of carbonyl (C=O) groups excluding carboxylic acids is 1. The molecule has 1 unspecified atom stereocenters. The highest BCUT2D eigenvalue weighted by atomic mass is 16.4. The van der Waals surface area contributed by atoms with Crippen LogP contribution in [0.15, 0.2) is 47.2 Å². The molecule has 0 saturated heterocycles. The molecule has 0 fully saturated rings. The van der Waals surface area contributed by atoms with E-state index < -0.39 is 5.60 Å². The van der Waals surface area contributed by atoms with E-state index in [1.807, 2.05) is 18.3 Å². The van der Waals surface area contributed by atoms with E-state index in [0.29, 0.717) is 12.3 Å². The number of aromatic nitrogens is 1. The number of urea groups is 1. The molecule has 0 radical (unpaired) electrons. The summed E-state index contributed by atoms with van der Waals surface area (Å²) in [6.07, 6.45) is 4.21. The monoisotopic (exact) mass is 341 g/mol. The zero-order chi connectivity index (χ0) is 17.9. The molecular weight excluding hydrogens is 318 g/mol. The van der Waals surface area contributed by atoms with Crippen molar-refractivity contribution >= 4 is 16.9 Å². The minimum atomic E-state index is -1.24. The van der Waals surface area contributed by atoms with Gasteiger partial charge >= 0.3 is 6.03 Å². The Hall–Kier alpha value is -2.73. The first-order valence-corrected chi connectivity index (χ1v) is 8.31. The highest BCUT2D eigenvalue weighted by Gasteiger charge is 2.26. The zero-order valence-electron chi connectivity index (χ0n) is 14.4. The summed E-state index contributed by atoms with van der Waals surface area (Å²) in [6, 6.07) is 9.21. The van der Waals surface area contributed by atoms with Crippen LogP contribution in [0.5, 0.6) is 0 Å². The number of hydrogen-bond acceptors (Lipinski definition) is 3. The van der Waals surface area contributed by atoms with Crippen molar-refractivity contribution in [3.05, 3.63) is 59.7 Å². The van der Waals surface area contributed by atoms with Crippen LogP contribution < -0.4 is 10.6 Å². The summed E-state index contributed by atoms with van der Waals surface area (Å²) in [6.45, 7) is 4.26. The lowest BCUT2D eigenvalue weighted by Crippen LogP contribution is -2.43. The van der Waals surface area contributed by atoms with Crippen LogP contribution in [0.1, 0.15) is 23.8 Å². The summed E-state index contributed by atoms with van der Waals surface area (Å²) in [7, 11) is 0. The average Bonchev–Trinajstić information content (AvgIpc) is 3.24. The molecule has 0 aliphatic heterocycles. The van der Waals surface area contributed by atoms with E-state index in [1.165, 1.54) is 22.8 Å². The largest absolute Gasteiger partial charge is 0.466 e. The summed E-state index contributed by atoms with van der Waals surface area (Å²) in [4.78, 5) is 15.2. The molecule has 6 heteroatoms. The van der Waals surface area contributed by atoms with Gasteiger partial charge in [-0.25, -0.2) is 4.79 Å². The summed E-state index contributed by atoms with van der Waals surface area (Å²) < 4.78 is 5.19. The maximum absolute atomic E-state index is 11.9. The Balaban J connectivity index is 1.49. The van der Waals surface area contributed by atoms with Crippen molar-refractivity contribution in [2.24, 2.45) is 0 Å². The van der Waals surface area contributed by atoms with Crippen molar-refractivity contribution in [2.45, 2.75) is 25.9 Å². The first kappa shape index (κ1) is 17.1. The lowest BCUT2D eigenvalue weighted by Gasteiger charge is -2.21. The van der Waals surface area contributed by atoms with Crippen LogP contribution in [0.3, 0.4) is 0 Å². The van der Waals surface area contributed by atoms with Gasteiger partial charge in [-0.1, -0.05) is 12.1 Å². The van der Waals surface area contributed by atoms with Crippen LogP contribution in [-0.2, 0) is 12.0 Å². The van der Waals surface area contributed by atoms with Gasteiger partial charge in [0.2, 0.25) is 0 Å². The van der Waals surface area contributed by atoms with Crippen molar-refractivity contribution in [3.63, 3.8) is 0 Å². The molecule has 2 aromatic heterocycles. The Morgan fingerprint density at radius 1 is 1.28 bits per heavy atom. The molecule has 132 valence electrons. The number of carbonyl (C=O) groups is 1. The quantitative estimate of drug-likeness (QED) is 0.556. The van der Waals surface area contributed by atoms with Gasteiger partial charge in [-0.2, -0.15) is 0 Å². The molecule has 0 bridgehead atoms. The van der Waals surface area contributed by atoms with E-state index >= 15 is 0 Å². The van der Waals surface area contributed by atoms with Crippen LogP contribution >= 0.6 is 0 Å². The van der Waals surface area contributed by atoms with Gasteiger partial charge in [0.05, 0.1) is 12.8 Å². The molecule has 3 rings (SSSR count). The van der Waals surface area contributed by atoms with Gasteiger partial charge < -0.3 is 25.1 Å². The van der Waals surface area contributed by atoms with Crippen LogP contribution in [0.2, 0.25) is 0 Å². The first-order chi connectivity index (χ1) is 12.0. The summed E-state index contributed by atoms with van der Waals surface area (Å²) in [5.41, 5.74) is 2.26. The molecule has 0 aliphatic carbocycles. The van der Waals surface area contributed by atoms with E-state index in [2.05, 4.69) is 28.6 Å². The SMILES string of the molecule is Cc1cccc2[nH]cc(CCNC(=O)NCC(C)(O)c3ccco3)c12. The van der Waals surface area contributed by atoms with Crippen LogP contribution in [0, 0.1) is 6.92 Å². The van der Waals surface area contributed by atoms with Crippen molar-refractivity contribution in [1.82, 2.24) is 15.6 Å². The number of amides is 2. The highest BCUT2D eigenvalue weighted by molar-refractivity contribution is 5.86. The number of rotatable bonds is 6. The molecule has 4 N–H and O–H groups in total. The van der Waals surface area contributed by atoms with Crippen molar-refractivity contribution in [2.75, 3.05) is 13.1 Å². The van der Waals surface area contributed by atoms with Gasteiger partial charge in [0.1, 0.15) is 11.4 Å². The molecule has 1 atom stereocenters. The third-order valence-corrected chi connectivity index (χ3v) is 4.32. The van der Waals surface area contributed by atoms with E-state index in [-0.39, 0.29) is 12.6 Å². The number of benzene rings is 1. The van der Waals surface area contributed by atoms with Gasteiger partial charge in [0.15, 0.2) is 0 Å². The molecular formula is C19H23N3O3. The van der Waals surface area contributed by atoms with E-state index in [4.69, 9.17) is 4.42 Å². The second kappa shape index (κ2) is 7.03. The number of aromatic amines is 1. The number of nitrogens with one attached hydrogen (secondary N) is 3. The topological polar surface area (TPSA) is 90.3 Å². The number of furan rings is 1. The number of H-pyrrole nitrogens is 1. The van der Waals surface area contributed by atoms with Crippen molar-refractivity contribution < 1.29 is 14.3 Å². The normalized spacial score (nSPS) is 13.6. The second-order valence-electron chi connectivity index (χ2n) is 6.42. The molecule has 2 amide bonds. The van der Waals surface area contributed by atoms with Crippen molar-refractivity contribution in [1.29, 1.82) is 0 Å². The summed E-state index contributed by atoms with van der Waals surface area (Å²) in [5.74, 6) is 0.419. The summed E-state index contributed by atoms with van der Waals surface area (Å²) in [5, 5.41) is 17.0. The second-order valence-corrected chi connectivity index (χ2v) is 6.42. The molecule has 3 aromatic rings. The third-order valence-electron chi connectivity index (χ3n) is 4.32. The van der Waals surface area contributed by atoms with Crippen LogP contribution in [-0.4, -0.2) is 29.2 Å². The maximum atomic E-state index is 11.9. The van der Waals surface area contributed by atoms with Crippen LogP contribution in [0.4, 0.5) is 4.79 Å². The lowest BCUT2D eigenvalue weighted by atomic mass is 10.0. The first-order valence-electron chi connectivity index (χ1n) is 8.31.